The maximum absolute atomic E-state index is 12.3. The van der Waals surface area contributed by atoms with Crippen LogP contribution in [-0.4, -0.2) is 43.0 Å². The number of carbonyl (C=O) groups excluding carboxylic acids is 2. The van der Waals surface area contributed by atoms with E-state index < -0.39 is 0 Å². The Bertz CT molecular complexity index is 740. The third-order valence-electron chi connectivity index (χ3n) is 4.39. The van der Waals surface area contributed by atoms with Gasteiger partial charge >= 0.3 is 0 Å². The van der Waals surface area contributed by atoms with Crippen molar-refractivity contribution in [3.8, 4) is 5.75 Å². The van der Waals surface area contributed by atoms with Gasteiger partial charge in [-0.1, -0.05) is 22.0 Å². The molecule has 2 heterocycles. The Balaban J connectivity index is 1.36. The lowest BCUT2D eigenvalue weighted by atomic mass is 9.95. The smallest absolute Gasteiger partial charge is 0.257 e. The number of benzene rings is 1. The van der Waals surface area contributed by atoms with Crippen LogP contribution in [0.3, 0.4) is 0 Å². The molecular weight excluding hydrogens is 400 g/mol. The molecule has 6 nitrogen and oxygen atoms in total. The highest BCUT2D eigenvalue weighted by Gasteiger charge is 2.27. The number of likely N-dealkylation sites (tertiary alicyclic amines) is 1. The molecule has 0 aliphatic carbocycles. The highest BCUT2D eigenvalue weighted by Crippen LogP contribution is 2.20. The summed E-state index contributed by atoms with van der Waals surface area (Å²) in [6.07, 6.45) is 4.28. The molecule has 7 heteroatoms. The SMILES string of the molecule is O=C(NCCOc1cccc(Br)c1)C1CCN(C(=O)c2ccoc2)CC1. The van der Waals surface area contributed by atoms with Gasteiger partial charge in [-0.15, -0.1) is 0 Å². The van der Waals surface area contributed by atoms with Crippen LogP contribution < -0.4 is 10.1 Å². The molecule has 0 atom stereocenters. The van der Waals surface area contributed by atoms with E-state index in [1.54, 1.807) is 11.0 Å². The number of halogens is 1. The Hall–Kier alpha value is -2.28. The average molecular weight is 421 g/mol. The maximum atomic E-state index is 12.3. The molecular formula is C19H21BrN2O4. The molecule has 0 unspecified atom stereocenters. The third-order valence-corrected chi connectivity index (χ3v) is 4.88. The molecule has 0 spiro atoms. The number of furan rings is 1. The number of amides is 2. The minimum Gasteiger partial charge on any atom is -0.492 e. The number of hydrogen-bond acceptors (Lipinski definition) is 4. The summed E-state index contributed by atoms with van der Waals surface area (Å²) >= 11 is 3.39. The molecule has 1 N–H and O–H groups in total. The van der Waals surface area contributed by atoms with Crippen LogP contribution >= 0.6 is 15.9 Å². The van der Waals surface area contributed by atoms with E-state index in [0.29, 0.717) is 44.6 Å². The Kier molecular flexibility index (Phi) is 6.33. The Labute approximate surface area is 160 Å². The number of ether oxygens (including phenoxy) is 1. The van der Waals surface area contributed by atoms with E-state index in [1.807, 2.05) is 24.3 Å². The molecule has 1 aromatic carbocycles. The van der Waals surface area contributed by atoms with E-state index in [9.17, 15) is 9.59 Å². The van der Waals surface area contributed by atoms with Crippen molar-refractivity contribution in [2.75, 3.05) is 26.2 Å². The number of carbonyl (C=O) groups is 2. The van der Waals surface area contributed by atoms with Gasteiger partial charge in [-0.05, 0) is 37.1 Å². The quantitative estimate of drug-likeness (QED) is 0.728. The van der Waals surface area contributed by atoms with Crippen LogP contribution in [0.2, 0.25) is 0 Å². The topological polar surface area (TPSA) is 71.8 Å². The predicted molar refractivity (Wildman–Crippen MR) is 100.0 cm³/mol. The standard InChI is InChI=1S/C19H21BrN2O4/c20-16-2-1-3-17(12-16)26-11-7-21-18(23)14-4-8-22(9-5-14)19(24)15-6-10-25-13-15/h1-3,6,10,12-14H,4-5,7-9,11H2,(H,21,23). The van der Waals surface area contributed by atoms with Gasteiger partial charge in [-0.2, -0.15) is 0 Å². The normalized spacial score (nSPS) is 14.9. The van der Waals surface area contributed by atoms with E-state index in [-0.39, 0.29) is 17.7 Å². The van der Waals surface area contributed by atoms with E-state index >= 15 is 0 Å². The summed E-state index contributed by atoms with van der Waals surface area (Å²) in [6, 6.07) is 9.25. The van der Waals surface area contributed by atoms with Gasteiger partial charge in [0, 0.05) is 23.5 Å². The van der Waals surface area contributed by atoms with Crippen molar-refractivity contribution >= 4 is 27.7 Å². The summed E-state index contributed by atoms with van der Waals surface area (Å²) in [6.45, 7) is 2.03. The first kappa shape index (κ1) is 18.5. The highest BCUT2D eigenvalue weighted by atomic mass is 79.9. The molecule has 1 aliphatic rings. The fourth-order valence-corrected chi connectivity index (χ4v) is 3.34. The molecule has 26 heavy (non-hydrogen) atoms. The van der Waals surface area contributed by atoms with E-state index in [4.69, 9.17) is 9.15 Å². The first-order valence-electron chi connectivity index (χ1n) is 8.61. The van der Waals surface area contributed by atoms with Crippen LogP contribution in [-0.2, 0) is 4.79 Å². The summed E-state index contributed by atoms with van der Waals surface area (Å²) < 4.78 is 11.5. The fraction of sp³-hybridized carbons (Fsp3) is 0.368. The Morgan fingerprint density at radius 2 is 2.08 bits per heavy atom. The summed E-state index contributed by atoms with van der Waals surface area (Å²) in [5.41, 5.74) is 0.553. The Morgan fingerprint density at radius 3 is 2.77 bits per heavy atom. The second-order valence-corrected chi connectivity index (χ2v) is 7.09. The molecule has 3 rings (SSSR count). The van der Waals surface area contributed by atoms with Crippen LogP contribution in [0.15, 0.2) is 51.7 Å². The van der Waals surface area contributed by atoms with Crippen LogP contribution in [0.4, 0.5) is 0 Å². The third kappa shape index (κ3) is 4.88. The number of piperidine rings is 1. The number of nitrogens with one attached hydrogen (secondary N) is 1. The zero-order valence-electron chi connectivity index (χ0n) is 14.3. The second-order valence-electron chi connectivity index (χ2n) is 6.18. The zero-order chi connectivity index (χ0) is 18.4. The maximum Gasteiger partial charge on any atom is 0.257 e. The van der Waals surface area contributed by atoms with Gasteiger partial charge in [0.2, 0.25) is 5.91 Å². The minimum atomic E-state index is -0.0609. The molecule has 1 saturated heterocycles. The largest absolute Gasteiger partial charge is 0.492 e. The summed E-state index contributed by atoms with van der Waals surface area (Å²) in [7, 11) is 0. The minimum absolute atomic E-state index is 0.0262. The molecule has 1 fully saturated rings. The van der Waals surface area contributed by atoms with Crippen molar-refractivity contribution in [1.82, 2.24) is 10.2 Å². The lowest BCUT2D eigenvalue weighted by Gasteiger charge is -2.31. The predicted octanol–water partition coefficient (Wildman–Crippen LogP) is 3.09. The van der Waals surface area contributed by atoms with Gasteiger partial charge in [0.15, 0.2) is 0 Å². The van der Waals surface area contributed by atoms with E-state index in [2.05, 4.69) is 21.2 Å². The van der Waals surface area contributed by atoms with E-state index in [0.717, 1.165) is 10.2 Å². The van der Waals surface area contributed by atoms with Crippen molar-refractivity contribution in [2.45, 2.75) is 12.8 Å². The summed E-state index contributed by atoms with van der Waals surface area (Å²) in [5, 5.41) is 2.91. The monoisotopic (exact) mass is 420 g/mol. The molecule has 1 aliphatic heterocycles. The van der Waals surface area contributed by atoms with Crippen LogP contribution in [0.5, 0.6) is 5.75 Å². The summed E-state index contributed by atoms with van der Waals surface area (Å²) in [5.74, 6) is 0.687. The Morgan fingerprint density at radius 1 is 1.27 bits per heavy atom. The van der Waals surface area contributed by atoms with Crippen molar-refractivity contribution in [3.63, 3.8) is 0 Å². The van der Waals surface area contributed by atoms with Gasteiger partial charge in [-0.25, -0.2) is 0 Å². The fourth-order valence-electron chi connectivity index (χ4n) is 2.96. The zero-order valence-corrected chi connectivity index (χ0v) is 15.9. The van der Waals surface area contributed by atoms with Crippen LogP contribution in [0.25, 0.3) is 0 Å². The summed E-state index contributed by atoms with van der Waals surface area (Å²) in [4.78, 5) is 26.3. The van der Waals surface area contributed by atoms with Gasteiger partial charge in [0.1, 0.15) is 18.6 Å². The van der Waals surface area contributed by atoms with Crippen molar-refractivity contribution in [3.05, 3.63) is 52.9 Å². The average Bonchev–Trinajstić information content (AvgIpc) is 3.19. The molecule has 0 saturated carbocycles. The molecule has 2 amide bonds. The van der Waals surface area contributed by atoms with Crippen LogP contribution in [0.1, 0.15) is 23.2 Å². The van der Waals surface area contributed by atoms with Crippen LogP contribution in [0, 0.1) is 5.92 Å². The molecule has 0 radical (unpaired) electrons. The number of hydrogen-bond donors (Lipinski definition) is 1. The first-order chi connectivity index (χ1) is 12.6. The second kappa shape index (κ2) is 8.89. The number of rotatable bonds is 6. The van der Waals surface area contributed by atoms with Gasteiger partial charge in [0.05, 0.1) is 18.4 Å². The molecule has 2 aromatic rings. The van der Waals surface area contributed by atoms with Crippen molar-refractivity contribution in [2.24, 2.45) is 5.92 Å². The molecule has 1 aromatic heterocycles. The van der Waals surface area contributed by atoms with Gasteiger partial charge in [-0.3, -0.25) is 9.59 Å². The highest BCUT2D eigenvalue weighted by molar-refractivity contribution is 9.10. The van der Waals surface area contributed by atoms with Crippen molar-refractivity contribution < 1.29 is 18.7 Å². The number of nitrogens with zero attached hydrogens (tertiary/aromatic N) is 1. The van der Waals surface area contributed by atoms with Crippen molar-refractivity contribution in [1.29, 1.82) is 0 Å². The lowest BCUT2D eigenvalue weighted by molar-refractivity contribution is -0.126. The van der Waals surface area contributed by atoms with Gasteiger partial charge < -0.3 is 19.4 Å². The lowest BCUT2D eigenvalue weighted by Crippen LogP contribution is -2.43. The van der Waals surface area contributed by atoms with Gasteiger partial charge in [0.25, 0.3) is 5.91 Å². The van der Waals surface area contributed by atoms with E-state index in [1.165, 1.54) is 12.5 Å². The first-order valence-corrected chi connectivity index (χ1v) is 9.40. The molecule has 0 bridgehead atoms. The molecule has 138 valence electrons.